The first-order valence-corrected chi connectivity index (χ1v) is 9.33. The van der Waals surface area contributed by atoms with Gasteiger partial charge in [0, 0.05) is 72.7 Å². The van der Waals surface area contributed by atoms with Crippen molar-refractivity contribution in [2.45, 2.75) is 24.9 Å². The van der Waals surface area contributed by atoms with E-state index in [-0.39, 0.29) is 0 Å². The van der Waals surface area contributed by atoms with E-state index in [0.717, 1.165) is 58.7 Å². The SMILES string of the molecule is COCCCNCCN[C@H](CCN[C@@H](CNCCN)COC)COC. The Morgan fingerprint density at radius 3 is 2.16 bits per heavy atom. The van der Waals surface area contributed by atoms with Gasteiger partial charge in [-0.05, 0) is 25.9 Å². The number of hydrogen-bond acceptors (Lipinski definition) is 8. The quantitative estimate of drug-likeness (QED) is 0.171. The number of rotatable bonds is 20. The van der Waals surface area contributed by atoms with E-state index in [4.69, 9.17) is 19.9 Å². The van der Waals surface area contributed by atoms with Crippen molar-refractivity contribution in [3.63, 3.8) is 0 Å². The van der Waals surface area contributed by atoms with Crippen LogP contribution in [0.15, 0.2) is 0 Å². The van der Waals surface area contributed by atoms with E-state index in [1.165, 1.54) is 0 Å². The molecule has 0 heterocycles. The fourth-order valence-corrected chi connectivity index (χ4v) is 2.51. The van der Waals surface area contributed by atoms with Crippen LogP contribution in [-0.4, -0.2) is 99.0 Å². The summed E-state index contributed by atoms with van der Waals surface area (Å²) >= 11 is 0. The standard InChI is InChI=1S/C17H41N5O3/c1-23-12-4-7-19-10-11-22-16(14-24-2)5-8-21-17(15-25-3)13-20-9-6-18/h16-17,19-22H,4-15,18H2,1-3H3/t16-,17+/m1/s1. The van der Waals surface area contributed by atoms with Crippen LogP contribution in [0.3, 0.4) is 0 Å². The molecule has 8 nitrogen and oxygen atoms in total. The van der Waals surface area contributed by atoms with Crippen LogP contribution in [0.2, 0.25) is 0 Å². The van der Waals surface area contributed by atoms with Gasteiger partial charge in [0.05, 0.1) is 13.2 Å². The van der Waals surface area contributed by atoms with E-state index in [1.807, 2.05) is 0 Å². The van der Waals surface area contributed by atoms with Crippen LogP contribution in [0.4, 0.5) is 0 Å². The summed E-state index contributed by atoms with van der Waals surface area (Å²) in [5, 5.41) is 13.8. The second-order valence-electron chi connectivity index (χ2n) is 6.09. The van der Waals surface area contributed by atoms with E-state index < -0.39 is 0 Å². The van der Waals surface area contributed by atoms with Crippen molar-refractivity contribution in [2.75, 3.05) is 87.0 Å². The molecule has 0 aromatic heterocycles. The molecule has 0 spiro atoms. The molecule has 0 fully saturated rings. The summed E-state index contributed by atoms with van der Waals surface area (Å²) in [5.41, 5.74) is 5.51. The molecular formula is C17H41N5O3. The minimum atomic E-state index is 0.294. The zero-order valence-electron chi connectivity index (χ0n) is 16.4. The molecule has 6 N–H and O–H groups in total. The summed E-state index contributed by atoms with van der Waals surface area (Å²) in [6, 6.07) is 0.640. The predicted molar refractivity (Wildman–Crippen MR) is 103 cm³/mol. The topological polar surface area (TPSA) is 102 Å². The van der Waals surface area contributed by atoms with Crippen LogP contribution >= 0.6 is 0 Å². The third-order valence-electron chi connectivity index (χ3n) is 3.81. The first-order valence-electron chi connectivity index (χ1n) is 9.33. The van der Waals surface area contributed by atoms with Crippen LogP contribution in [0, 0.1) is 0 Å². The minimum absolute atomic E-state index is 0.294. The van der Waals surface area contributed by atoms with Crippen LogP contribution in [-0.2, 0) is 14.2 Å². The molecule has 0 aliphatic heterocycles. The molecule has 0 aliphatic carbocycles. The van der Waals surface area contributed by atoms with Crippen LogP contribution < -0.4 is 27.0 Å². The molecular weight excluding hydrogens is 322 g/mol. The Kier molecular flexibility index (Phi) is 19.7. The average molecular weight is 364 g/mol. The second kappa shape index (κ2) is 20.0. The maximum atomic E-state index is 5.51. The molecule has 0 aromatic rings. The number of methoxy groups -OCH3 is 3. The molecule has 0 bridgehead atoms. The lowest BCUT2D eigenvalue weighted by Crippen LogP contribution is -2.45. The third kappa shape index (κ3) is 16.9. The van der Waals surface area contributed by atoms with Crippen molar-refractivity contribution in [1.82, 2.24) is 21.3 Å². The third-order valence-corrected chi connectivity index (χ3v) is 3.81. The lowest BCUT2D eigenvalue weighted by molar-refractivity contribution is 0.153. The van der Waals surface area contributed by atoms with Gasteiger partial charge in [-0.25, -0.2) is 0 Å². The summed E-state index contributed by atoms with van der Waals surface area (Å²) < 4.78 is 15.6. The van der Waals surface area contributed by atoms with E-state index in [2.05, 4.69) is 21.3 Å². The largest absolute Gasteiger partial charge is 0.385 e. The Morgan fingerprint density at radius 2 is 1.48 bits per heavy atom. The zero-order chi connectivity index (χ0) is 18.6. The van der Waals surface area contributed by atoms with Gasteiger partial charge < -0.3 is 41.2 Å². The monoisotopic (exact) mass is 363 g/mol. The first-order chi connectivity index (χ1) is 12.3. The Balaban J connectivity index is 3.83. The number of ether oxygens (including phenoxy) is 3. The van der Waals surface area contributed by atoms with Gasteiger partial charge >= 0.3 is 0 Å². The predicted octanol–water partition coefficient (Wildman–Crippen LogP) is -1.24. The fraction of sp³-hybridized carbons (Fsp3) is 1.00. The summed E-state index contributed by atoms with van der Waals surface area (Å²) in [5.74, 6) is 0. The van der Waals surface area contributed by atoms with Crippen molar-refractivity contribution in [1.29, 1.82) is 0 Å². The van der Waals surface area contributed by atoms with Gasteiger partial charge in [0.15, 0.2) is 0 Å². The van der Waals surface area contributed by atoms with Gasteiger partial charge in [0.1, 0.15) is 0 Å². The highest BCUT2D eigenvalue weighted by Crippen LogP contribution is 1.93. The van der Waals surface area contributed by atoms with Crippen molar-refractivity contribution < 1.29 is 14.2 Å². The molecule has 2 atom stereocenters. The molecule has 0 aliphatic rings. The first kappa shape index (κ1) is 24.7. The van der Waals surface area contributed by atoms with E-state index >= 15 is 0 Å². The molecule has 0 rings (SSSR count). The van der Waals surface area contributed by atoms with Gasteiger partial charge in [-0.3, -0.25) is 0 Å². The zero-order valence-corrected chi connectivity index (χ0v) is 16.4. The van der Waals surface area contributed by atoms with Crippen molar-refractivity contribution in [2.24, 2.45) is 5.73 Å². The minimum Gasteiger partial charge on any atom is -0.385 e. The summed E-state index contributed by atoms with van der Waals surface area (Å²) in [7, 11) is 5.21. The van der Waals surface area contributed by atoms with Gasteiger partial charge in [0.2, 0.25) is 0 Å². The molecule has 0 saturated heterocycles. The summed E-state index contributed by atoms with van der Waals surface area (Å²) in [4.78, 5) is 0. The van der Waals surface area contributed by atoms with Gasteiger partial charge in [-0.15, -0.1) is 0 Å². The highest BCUT2D eigenvalue weighted by molar-refractivity contribution is 4.73. The molecule has 0 radical (unpaired) electrons. The number of nitrogens with one attached hydrogen (secondary N) is 4. The van der Waals surface area contributed by atoms with Crippen LogP contribution in [0.5, 0.6) is 0 Å². The Morgan fingerprint density at radius 1 is 0.760 bits per heavy atom. The molecule has 8 heteroatoms. The summed E-state index contributed by atoms with van der Waals surface area (Å²) in [6.07, 6.45) is 2.05. The maximum absolute atomic E-state index is 5.51. The second-order valence-corrected chi connectivity index (χ2v) is 6.09. The normalized spacial score (nSPS) is 13.9. The van der Waals surface area contributed by atoms with Crippen molar-refractivity contribution >= 4 is 0 Å². The van der Waals surface area contributed by atoms with E-state index in [1.54, 1.807) is 21.3 Å². The highest BCUT2D eigenvalue weighted by Gasteiger charge is 2.10. The average Bonchev–Trinajstić information content (AvgIpc) is 2.61. The molecule has 0 unspecified atom stereocenters. The Bertz CT molecular complexity index is 262. The van der Waals surface area contributed by atoms with E-state index in [0.29, 0.717) is 31.8 Å². The van der Waals surface area contributed by atoms with Crippen molar-refractivity contribution in [3.8, 4) is 0 Å². The van der Waals surface area contributed by atoms with Gasteiger partial charge in [-0.2, -0.15) is 0 Å². The Hall–Kier alpha value is -0.320. The lowest BCUT2D eigenvalue weighted by Gasteiger charge is -2.22. The number of hydrogen-bond donors (Lipinski definition) is 5. The van der Waals surface area contributed by atoms with E-state index in [9.17, 15) is 0 Å². The van der Waals surface area contributed by atoms with Crippen molar-refractivity contribution in [3.05, 3.63) is 0 Å². The lowest BCUT2D eigenvalue weighted by atomic mass is 10.2. The maximum Gasteiger partial charge on any atom is 0.0628 e. The highest BCUT2D eigenvalue weighted by atomic mass is 16.5. The fourth-order valence-electron chi connectivity index (χ4n) is 2.51. The smallest absolute Gasteiger partial charge is 0.0628 e. The molecule has 25 heavy (non-hydrogen) atoms. The van der Waals surface area contributed by atoms with Gasteiger partial charge in [-0.1, -0.05) is 0 Å². The van der Waals surface area contributed by atoms with Gasteiger partial charge in [0.25, 0.3) is 0 Å². The molecule has 0 amide bonds. The Labute approximate surface area is 153 Å². The van der Waals surface area contributed by atoms with Crippen LogP contribution in [0.1, 0.15) is 12.8 Å². The van der Waals surface area contributed by atoms with Crippen LogP contribution in [0.25, 0.3) is 0 Å². The molecule has 0 aromatic carbocycles. The summed E-state index contributed by atoms with van der Waals surface area (Å²) in [6.45, 7) is 8.33. The molecule has 152 valence electrons. The molecule has 0 saturated carbocycles. The number of nitrogens with two attached hydrogens (primary N) is 1.